The highest BCUT2D eigenvalue weighted by atomic mass is 19.4. The van der Waals surface area contributed by atoms with Crippen LogP contribution in [0.3, 0.4) is 0 Å². The van der Waals surface area contributed by atoms with E-state index >= 15 is 0 Å². The first-order valence-electron chi connectivity index (χ1n) is 8.49. The van der Waals surface area contributed by atoms with E-state index < -0.39 is 18.9 Å². The number of halogens is 3. The third kappa shape index (κ3) is 5.68. The number of anilines is 1. The summed E-state index contributed by atoms with van der Waals surface area (Å²) in [6, 6.07) is 17.1. The molecule has 0 spiro atoms. The SMILES string of the molecule is O[C@@H](CNc1cc(-c2cccc(OCC(F)(F)F)c2)ncn1)c1ccccc1. The van der Waals surface area contributed by atoms with E-state index in [4.69, 9.17) is 4.74 Å². The van der Waals surface area contributed by atoms with Gasteiger partial charge in [0.25, 0.3) is 0 Å². The highest BCUT2D eigenvalue weighted by molar-refractivity contribution is 5.63. The van der Waals surface area contributed by atoms with E-state index in [1.54, 1.807) is 18.2 Å². The zero-order valence-electron chi connectivity index (χ0n) is 14.7. The van der Waals surface area contributed by atoms with Crippen molar-refractivity contribution in [1.29, 1.82) is 0 Å². The summed E-state index contributed by atoms with van der Waals surface area (Å²) >= 11 is 0. The molecular formula is C20H18F3N3O2. The first-order valence-corrected chi connectivity index (χ1v) is 8.49. The van der Waals surface area contributed by atoms with E-state index in [0.717, 1.165) is 5.56 Å². The first kappa shape index (κ1) is 19.6. The molecule has 2 aromatic carbocycles. The van der Waals surface area contributed by atoms with Crippen LogP contribution in [0, 0.1) is 0 Å². The zero-order chi connectivity index (χ0) is 20.0. The van der Waals surface area contributed by atoms with Gasteiger partial charge in [0, 0.05) is 18.2 Å². The summed E-state index contributed by atoms with van der Waals surface area (Å²) in [6.07, 6.45) is -3.77. The number of nitrogens with zero attached hydrogens (tertiary/aromatic N) is 2. The van der Waals surface area contributed by atoms with Gasteiger partial charge in [0.05, 0.1) is 11.8 Å². The Balaban J connectivity index is 1.67. The van der Waals surface area contributed by atoms with Crippen LogP contribution in [0.4, 0.5) is 19.0 Å². The fourth-order valence-corrected chi connectivity index (χ4v) is 2.52. The number of hydrogen-bond acceptors (Lipinski definition) is 5. The van der Waals surface area contributed by atoms with Gasteiger partial charge in [0.2, 0.25) is 0 Å². The molecular weight excluding hydrogens is 371 g/mol. The van der Waals surface area contributed by atoms with Crippen molar-refractivity contribution >= 4 is 5.82 Å². The Morgan fingerprint density at radius 3 is 2.54 bits per heavy atom. The number of aliphatic hydroxyl groups is 1. The summed E-state index contributed by atoms with van der Waals surface area (Å²) in [4.78, 5) is 8.26. The Bertz CT molecular complexity index is 904. The smallest absolute Gasteiger partial charge is 0.422 e. The number of aliphatic hydroxyl groups excluding tert-OH is 1. The Hall–Kier alpha value is -3.13. The van der Waals surface area contributed by atoms with E-state index in [0.29, 0.717) is 17.1 Å². The lowest BCUT2D eigenvalue weighted by atomic mass is 10.1. The Morgan fingerprint density at radius 2 is 1.79 bits per heavy atom. The third-order valence-corrected chi connectivity index (χ3v) is 3.86. The maximum atomic E-state index is 12.3. The monoisotopic (exact) mass is 389 g/mol. The van der Waals surface area contributed by atoms with Gasteiger partial charge in [-0.3, -0.25) is 0 Å². The van der Waals surface area contributed by atoms with Gasteiger partial charge >= 0.3 is 6.18 Å². The molecule has 0 aliphatic rings. The fourth-order valence-electron chi connectivity index (χ4n) is 2.52. The molecule has 28 heavy (non-hydrogen) atoms. The molecule has 0 saturated carbocycles. The molecule has 3 aromatic rings. The van der Waals surface area contributed by atoms with Gasteiger partial charge in [-0.25, -0.2) is 9.97 Å². The number of benzene rings is 2. The summed E-state index contributed by atoms with van der Waals surface area (Å²) in [7, 11) is 0. The molecule has 0 saturated heterocycles. The van der Waals surface area contributed by atoms with Crippen LogP contribution in [-0.4, -0.2) is 34.4 Å². The maximum absolute atomic E-state index is 12.3. The molecule has 8 heteroatoms. The minimum Gasteiger partial charge on any atom is -0.484 e. The van der Waals surface area contributed by atoms with Crippen molar-refractivity contribution in [2.24, 2.45) is 0 Å². The van der Waals surface area contributed by atoms with Crippen molar-refractivity contribution in [1.82, 2.24) is 9.97 Å². The first-order chi connectivity index (χ1) is 13.4. The molecule has 5 nitrogen and oxygen atoms in total. The minimum atomic E-state index is -4.40. The largest absolute Gasteiger partial charge is 0.484 e. The van der Waals surface area contributed by atoms with Crippen LogP contribution in [0.25, 0.3) is 11.3 Å². The average Bonchev–Trinajstić information content (AvgIpc) is 2.71. The molecule has 1 atom stereocenters. The van der Waals surface area contributed by atoms with Gasteiger partial charge in [0.15, 0.2) is 6.61 Å². The molecule has 0 aliphatic heterocycles. The topological polar surface area (TPSA) is 67.3 Å². The van der Waals surface area contributed by atoms with Crippen LogP contribution in [-0.2, 0) is 0 Å². The molecule has 0 unspecified atom stereocenters. The molecule has 3 rings (SSSR count). The van der Waals surface area contributed by atoms with Crippen molar-refractivity contribution in [2.45, 2.75) is 12.3 Å². The van der Waals surface area contributed by atoms with E-state index in [2.05, 4.69) is 15.3 Å². The predicted octanol–water partition coefficient (Wildman–Crippen LogP) is 4.23. The number of rotatable bonds is 7. The predicted molar refractivity (Wildman–Crippen MR) is 98.9 cm³/mol. The molecule has 0 radical (unpaired) electrons. The van der Waals surface area contributed by atoms with Gasteiger partial charge in [-0.2, -0.15) is 13.2 Å². The van der Waals surface area contributed by atoms with E-state index in [1.807, 2.05) is 30.3 Å². The van der Waals surface area contributed by atoms with E-state index in [-0.39, 0.29) is 12.3 Å². The number of alkyl halides is 3. The molecule has 0 aliphatic carbocycles. The van der Waals surface area contributed by atoms with Gasteiger partial charge < -0.3 is 15.2 Å². The molecule has 0 fully saturated rings. The van der Waals surface area contributed by atoms with Crippen LogP contribution >= 0.6 is 0 Å². The van der Waals surface area contributed by atoms with Gasteiger partial charge in [-0.15, -0.1) is 0 Å². The Labute approximate surface area is 159 Å². The molecule has 1 aromatic heterocycles. The highest BCUT2D eigenvalue weighted by Crippen LogP contribution is 2.25. The van der Waals surface area contributed by atoms with Crippen molar-refractivity contribution in [2.75, 3.05) is 18.5 Å². The van der Waals surface area contributed by atoms with Crippen LogP contribution in [0.2, 0.25) is 0 Å². The standard InChI is InChI=1S/C20H18F3N3O2/c21-20(22,23)12-28-16-8-4-7-15(9-16)17-10-19(26-13-25-17)24-11-18(27)14-5-2-1-3-6-14/h1-10,13,18,27H,11-12H2,(H,24,25,26)/t18-/m0/s1. The van der Waals surface area contributed by atoms with Gasteiger partial charge in [-0.05, 0) is 17.7 Å². The summed E-state index contributed by atoms with van der Waals surface area (Å²) in [6.45, 7) is -1.11. The molecule has 146 valence electrons. The summed E-state index contributed by atoms with van der Waals surface area (Å²) < 4.78 is 41.7. The molecule has 1 heterocycles. The van der Waals surface area contributed by atoms with Crippen molar-refractivity contribution in [3.8, 4) is 17.0 Å². The van der Waals surface area contributed by atoms with Crippen molar-refractivity contribution < 1.29 is 23.0 Å². The lowest BCUT2D eigenvalue weighted by molar-refractivity contribution is -0.153. The van der Waals surface area contributed by atoms with Gasteiger partial charge in [-0.1, -0.05) is 42.5 Å². The number of aromatic nitrogens is 2. The second-order valence-electron chi connectivity index (χ2n) is 6.03. The second-order valence-corrected chi connectivity index (χ2v) is 6.03. The highest BCUT2D eigenvalue weighted by Gasteiger charge is 2.28. The van der Waals surface area contributed by atoms with Crippen LogP contribution in [0.1, 0.15) is 11.7 Å². The normalized spacial score (nSPS) is 12.4. The molecule has 0 bridgehead atoms. The zero-order valence-corrected chi connectivity index (χ0v) is 14.7. The lowest BCUT2D eigenvalue weighted by Crippen LogP contribution is -2.19. The number of nitrogens with one attached hydrogen (secondary N) is 1. The Kier molecular flexibility index (Phi) is 6.10. The number of hydrogen-bond donors (Lipinski definition) is 2. The third-order valence-electron chi connectivity index (χ3n) is 3.86. The van der Waals surface area contributed by atoms with Crippen molar-refractivity contribution in [3.63, 3.8) is 0 Å². The van der Waals surface area contributed by atoms with Gasteiger partial charge in [0.1, 0.15) is 17.9 Å². The van der Waals surface area contributed by atoms with Crippen molar-refractivity contribution in [3.05, 3.63) is 72.6 Å². The quantitative estimate of drug-likeness (QED) is 0.633. The second kappa shape index (κ2) is 8.71. The minimum absolute atomic E-state index is 0.0995. The maximum Gasteiger partial charge on any atom is 0.422 e. The summed E-state index contributed by atoms with van der Waals surface area (Å²) in [5.74, 6) is 0.587. The average molecular weight is 389 g/mol. The van der Waals surface area contributed by atoms with Crippen LogP contribution in [0.5, 0.6) is 5.75 Å². The van der Waals surface area contributed by atoms with E-state index in [1.165, 1.54) is 18.5 Å². The fraction of sp³-hybridized carbons (Fsp3) is 0.200. The van der Waals surface area contributed by atoms with Crippen LogP contribution < -0.4 is 10.1 Å². The van der Waals surface area contributed by atoms with Crippen LogP contribution in [0.15, 0.2) is 67.0 Å². The summed E-state index contributed by atoms with van der Waals surface area (Å²) in [5, 5.41) is 13.2. The lowest BCUT2D eigenvalue weighted by Gasteiger charge is -2.13. The molecule has 0 amide bonds. The van der Waals surface area contributed by atoms with E-state index in [9.17, 15) is 18.3 Å². The molecule has 2 N–H and O–H groups in total. The number of ether oxygens (including phenoxy) is 1. The Morgan fingerprint density at radius 1 is 1.00 bits per heavy atom. The summed E-state index contributed by atoms with van der Waals surface area (Å²) in [5.41, 5.74) is 1.89.